The third-order valence-corrected chi connectivity index (χ3v) is 3.14. The van der Waals surface area contributed by atoms with E-state index in [2.05, 4.69) is 25.1 Å². The number of hydrogen-bond donors (Lipinski definition) is 0. The van der Waals surface area contributed by atoms with E-state index in [4.69, 9.17) is 0 Å². The number of rotatable bonds is 1. The summed E-state index contributed by atoms with van der Waals surface area (Å²) in [7, 11) is 0. The van der Waals surface area contributed by atoms with Crippen LogP contribution in [0.25, 0.3) is 33.2 Å². The summed E-state index contributed by atoms with van der Waals surface area (Å²) in [6.45, 7) is 0. The molecule has 4 rings (SSSR count). The van der Waals surface area contributed by atoms with Crippen LogP contribution in [0, 0.1) is 0 Å². The van der Waals surface area contributed by atoms with E-state index < -0.39 is 0 Å². The van der Waals surface area contributed by atoms with Crippen molar-refractivity contribution in [2.75, 3.05) is 0 Å². The van der Waals surface area contributed by atoms with Crippen molar-refractivity contribution < 1.29 is 0 Å². The third-order valence-electron chi connectivity index (χ3n) is 3.14. The molecule has 0 radical (unpaired) electrons. The van der Waals surface area contributed by atoms with Gasteiger partial charge in [-0.3, -0.25) is 4.98 Å². The minimum absolute atomic E-state index is 0.731. The summed E-state index contributed by atoms with van der Waals surface area (Å²) in [5.41, 5.74) is 3.24. The van der Waals surface area contributed by atoms with Crippen LogP contribution in [-0.2, 0) is 0 Å². The number of hydrogen-bond acceptors (Lipinski definition) is 5. The molecule has 0 atom stereocenters. The first-order valence-corrected chi connectivity index (χ1v) is 6.19. The predicted octanol–water partition coefficient (Wildman–Crippen LogP) is 2.63. The van der Waals surface area contributed by atoms with Crippen LogP contribution in [0.3, 0.4) is 0 Å². The van der Waals surface area contributed by atoms with E-state index in [9.17, 15) is 0 Å². The molecular formula is C15H9N5. The van der Waals surface area contributed by atoms with Gasteiger partial charge in [-0.1, -0.05) is 0 Å². The summed E-state index contributed by atoms with van der Waals surface area (Å²) in [6, 6.07) is 9.81. The van der Waals surface area contributed by atoms with Gasteiger partial charge in [0.25, 0.3) is 0 Å². The SMILES string of the molecule is c1cnc2ncc(-c3cc4ccncc4nn3)cc2c1. The average molecular weight is 259 g/mol. The van der Waals surface area contributed by atoms with E-state index in [0.717, 1.165) is 33.2 Å². The molecule has 0 saturated heterocycles. The monoisotopic (exact) mass is 259 g/mol. The summed E-state index contributed by atoms with van der Waals surface area (Å²) in [4.78, 5) is 12.6. The first-order valence-electron chi connectivity index (χ1n) is 6.19. The summed E-state index contributed by atoms with van der Waals surface area (Å²) in [5.74, 6) is 0. The van der Waals surface area contributed by atoms with E-state index >= 15 is 0 Å². The van der Waals surface area contributed by atoms with Crippen molar-refractivity contribution in [3.63, 3.8) is 0 Å². The zero-order valence-electron chi connectivity index (χ0n) is 10.4. The van der Waals surface area contributed by atoms with E-state index in [1.54, 1.807) is 24.8 Å². The molecule has 0 aliphatic carbocycles. The standard InChI is InChI=1S/C15H9N5/c1-2-11-6-12(8-18-15(11)17-4-1)13-7-10-3-5-16-9-14(10)20-19-13/h1-9H. The van der Waals surface area contributed by atoms with E-state index in [0.29, 0.717) is 0 Å². The quantitative estimate of drug-likeness (QED) is 0.525. The summed E-state index contributed by atoms with van der Waals surface area (Å²) in [5, 5.41) is 10.4. The molecule has 0 spiro atoms. The molecule has 0 N–H and O–H groups in total. The fraction of sp³-hybridized carbons (Fsp3) is 0. The molecule has 94 valence electrons. The van der Waals surface area contributed by atoms with E-state index in [1.165, 1.54) is 0 Å². The molecule has 0 bridgehead atoms. The molecule has 4 aromatic heterocycles. The normalized spacial score (nSPS) is 11.0. The Hall–Kier alpha value is -2.95. The molecule has 0 unspecified atom stereocenters. The van der Waals surface area contributed by atoms with Crippen molar-refractivity contribution in [3.05, 3.63) is 55.1 Å². The number of pyridine rings is 3. The number of nitrogens with zero attached hydrogens (tertiary/aromatic N) is 5. The number of fused-ring (bicyclic) bond motifs is 2. The van der Waals surface area contributed by atoms with Crippen molar-refractivity contribution in [1.29, 1.82) is 0 Å². The maximum Gasteiger partial charge on any atom is 0.159 e. The smallest absolute Gasteiger partial charge is 0.159 e. The lowest BCUT2D eigenvalue weighted by atomic mass is 10.1. The Morgan fingerprint density at radius 3 is 2.80 bits per heavy atom. The Bertz CT molecular complexity index is 842. The van der Waals surface area contributed by atoms with Crippen LogP contribution in [0.5, 0.6) is 0 Å². The second-order valence-electron chi connectivity index (χ2n) is 4.44. The zero-order chi connectivity index (χ0) is 13.4. The van der Waals surface area contributed by atoms with Gasteiger partial charge in [0, 0.05) is 34.9 Å². The number of aromatic nitrogens is 5. The van der Waals surface area contributed by atoms with Crippen molar-refractivity contribution >= 4 is 21.9 Å². The predicted molar refractivity (Wildman–Crippen MR) is 75.9 cm³/mol. The zero-order valence-corrected chi connectivity index (χ0v) is 10.4. The molecule has 5 nitrogen and oxygen atoms in total. The minimum atomic E-state index is 0.731. The molecule has 0 amide bonds. The highest BCUT2D eigenvalue weighted by Crippen LogP contribution is 2.21. The Labute approximate surface area is 114 Å². The molecule has 0 aliphatic heterocycles. The van der Waals surface area contributed by atoms with Crippen LogP contribution in [0.4, 0.5) is 0 Å². The molecule has 4 heterocycles. The van der Waals surface area contributed by atoms with Crippen LogP contribution in [0.2, 0.25) is 0 Å². The highest BCUT2D eigenvalue weighted by Gasteiger charge is 2.05. The lowest BCUT2D eigenvalue weighted by molar-refractivity contribution is 1.07. The topological polar surface area (TPSA) is 64.5 Å². The van der Waals surface area contributed by atoms with Gasteiger partial charge in [-0.25, -0.2) is 9.97 Å². The van der Waals surface area contributed by atoms with Crippen molar-refractivity contribution in [1.82, 2.24) is 25.1 Å². The fourth-order valence-corrected chi connectivity index (χ4v) is 2.13. The van der Waals surface area contributed by atoms with E-state index in [-0.39, 0.29) is 0 Å². The van der Waals surface area contributed by atoms with Gasteiger partial charge in [-0.15, -0.1) is 10.2 Å². The summed E-state index contributed by atoms with van der Waals surface area (Å²) in [6.07, 6.45) is 6.95. The van der Waals surface area contributed by atoms with Crippen LogP contribution in [0.15, 0.2) is 55.1 Å². The maximum absolute atomic E-state index is 4.35. The van der Waals surface area contributed by atoms with Crippen molar-refractivity contribution in [3.8, 4) is 11.3 Å². The Morgan fingerprint density at radius 2 is 1.80 bits per heavy atom. The minimum Gasteiger partial charge on any atom is -0.262 e. The molecule has 5 heteroatoms. The molecule has 0 aromatic carbocycles. The van der Waals surface area contributed by atoms with Gasteiger partial charge in [-0.05, 0) is 30.3 Å². The third kappa shape index (κ3) is 1.76. The fourth-order valence-electron chi connectivity index (χ4n) is 2.13. The van der Waals surface area contributed by atoms with Gasteiger partial charge in [0.1, 0.15) is 5.52 Å². The van der Waals surface area contributed by atoms with Gasteiger partial charge in [-0.2, -0.15) is 0 Å². The van der Waals surface area contributed by atoms with Gasteiger partial charge < -0.3 is 0 Å². The van der Waals surface area contributed by atoms with E-state index in [1.807, 2.05) is 30.3 Å². The Balaban J connectivity index is 1.91. The lowest BCUT2D eigenvalue weighted by Gasteiger charge is -2.03. The van der Waals surface area contributed by atoms with Crippen LogP contribution in [0.1, 0.15) is 0 Å². The lowest BCUT2D eigenvalue weighted by Crippen LogP contribution is -1.91. The second kappa shape index (κ2) is 4.31. The van der Waals surface area contributed by atoms with Crippen LogP contribution in [-0.4, -0.2) is 25.1 Å². The van der Waals surface area contributed by atoms with Crippen molar-refractivity contribution in [2.24, 2.45) is 0 Å². The average Bonchev–Trinajstić information content (AvgIpc) is 2.54. The van der Waals surface area contributed by atoms with Crippen molar-refractivity contribution in [2.45, 2.75) is 0 Å². The van der Waals surface area contributed by atoms with Gasteiger partial charge in [0.15, 0.2) is 5.65 Å². The van der Waals surface area contributed by atoms with Gasteiger partial charge in [0.05, 0.1) is 11.9 Å². The first-order chi connectivity index (χ1) is 9.90. The molecule has 20 heavy (non-hydrogen) atoms. The van der Waals surface area contributed by atoms with Crippen LogP contribution < -0.4 is 0 Å². The Morgan fingerprint density at radius 1 is 0.800 bits per heavy atom. The van der Waals surface area contributed by atoms with Gasteiger partial charge in [0.2, 0.25) is 0 Å². The Kier molecular flexibility index (Phi) is 2.35. The van der Waals surface area contributed by atoms with Crippen LogP contribution >= 0.6 is 0 Å². The largest absolute Gasteiger partial charge is 0.262 e. The maximum atomic E-state index is 4.35. The highest BCUT2D eigenvalue weighted by atomic mass is 15.1. The summed E-state index contributed by atoms with van der Waals surface area (Å²) >= 11 is 0. The summed E-state index contributed by atoms with van der Waals surface area (Å²) < 4.78 is 0. The molecule has 4 aromatic rings. The van der Waals surface area contributed by atoms with Gasteiger partial charge >= 0.3 is 0 Å². The second-order valence-corrected chi connectivity index (χ2v) is 4.44. The molecule has 0 aliphatic rings. The molecule has 0 fully saturated rings. The molecular weight excluding hydrogens is 250 g/mol. The highest BCUT2D eigenvalue weighted by molar-refractivity contribution is 5.84. The molecule has 0 saturated carbocycles. The first kappa shape index (κ1) is 10.9.